The molecule has 0 saturated heterocycles. The molecule has 0 heterocycles. The molecular formula is C11H13F3N2O3S. The number of nitrogens with one attached hydrogen (secondary N) is 1. The highest BCUT2D eigenvalue weighted by atomic mass is 32.2. The van der Waals surface area contributed by atoms with Crippen molar-refractivity contribution in [3.05, 3.63) is 33.9 Å². The molecule has 112 valence electrons. The zero-order valence-electron chi connectivity index (χ0n) is 10.6. The molecule has 20 heavy (non-hydrogen) atoms. The van der Waals surface area contributed by atoms with Crippen molar-refractivity contribution >= 4 is 17.4 Å². The Kier molecular flexibility index (Phi) is 6.08. The molecule has 0 aliphatic heterocycles. The summed E-state index contributed by atoms with van der Waals surface area (Å²) in [5, 5.41) is 13.7. The molecule has 9 heteroatoms. The molecule has 1 aromatic carbocycles. The van der Waals surface area contributed by atoms with Gasteiger partial charge in [-0.2, -0.15) is 13.2 Å². The highest BCUT2D eigenvalue weighted by molar-refractivity contribution is 8.00. The van der Waals surface area contributed by atoms with Crippen LogP contribution in [0.25, 0.3) is 0 Å². The number of nitro benzene ring substituents is 1. The lowest BCUT2D eigenvalue weighted by Gasteiger charge is -2.09. The largest absolute Gasteiger partial charge is 0.486 e. The van der Waals surface area contributed by atoms with Gasteiger partial charge in [-0.3, -0.25) is 10.1 Å². The summed E-state index contributed by atoms with van der Waals surface area (Å²) in [6.45, 7) is 0.196. The van der Waals surface area contributed by atoms with Crippen LogP contribution in [-0.2, 0) is 6.54 Å². The van der Waals surface area contributed by atoms with E-state index >= 15 is 0 Å². The number of alkyl halides is 3. The number of benzene rings is 1. The van der Waals surface area contributed by atoms with E-state index in [0.29, 0.717) is 12.1 Å². The molecule has 1 aromatic rings. The number of thioether (sulfide) groups is 1. The smallest absolute Gasteiger partial charge is 0.441 e. The normalized spacial score (nSPS) is 11.4. The summed E-state index contributed by atoms with van der Waals surface area (Å²) in [6, 6.07) is 4.35. The standard InChI is InChI=1S/C11H13F3N2O3S/c1-15-7-8-2-3-10(9(6-8)16(17)18)19-4-5-20-11(12,13)14/h2-3,6,15H,4-5,7H2,1H3. The molecule has 0 amide bonds. The number of halogens is 3. The minimum Gasteiger partial charge on any atom is -0.486 e. The summed E-state index contributed by atoms with van der Waals surface area (Å²) >= 11 is -0.227. The molecule has 1 rings (SSSR count). The molecule has 0 fully saturated rings. The van der Waals surface area contributed by atoms with Crippen LogP contribution in [-0.4, -0.2) is 29.8 Å². The van der Waals surface area contributed by atoms with E-state index in [1.165, 1.54) is 12.1 Å². The van der Waals surface area contributed by atoms with Crippen molar-refractivity contribution in [2.75, 3.05) is 19.4 Å². The molecule has 0 spiro atoms. The average molecular weight is 310 g/mol. The molecule has 0 saturated carbocycles. The molecule has 0 bridgehead atoms. The highest BCUT2D eigenvalue weighted by Gasteiger charge is 2.27. The van der Waals surface area contributed by atoms with E-state index in [2.05, 4.69) is 5.32 Å². The summed E-state index contributed by atoms with van der Waals surface area (Å²) in [5.41, 5.74) is -3.89. The first kappa shape index (κ1) is 16.6. The van der Waals surface area contributed by atoms with E-state index < -0.39 is 10.4 Å². The fourth-order valence-corrected chi connectivity index (χ4v) is 1.85. The molecule has 0 radical (unpaired) electrons. The van der Waals surface area contributed by atoms with E-state index in [4.69, 9.17) is 4.74 Å². The Balaban J connectivity index is 2.67. The number of rotatable bonds is 7. The quantitative estimate of drug-likeness (QED) is 0.476. The molecule has 5 nitrogen and oxygen atoms in total. The summed E-state index contributed by atoms with van der Waals surface area (Å²) in [6.07, 6.45) is 0. The lowest BCUT2D eigenvalue weighted by atomic mass is 10.2. The van der Waals surface area contributed by atoms with Crippen molar-refractivity contribution in [2.45, 2.75) is 12.1 Å². The van der Waals surface area contributed by atoms with Gasteiger partial charge >= 0.3 is 11.2 Å². The molecule has 0 aliphatic rings. The summed E-state index contributed by atoms with van der Waals surface area (Å²) in [4.78, 5) is 10.3. The number of nitrogens with zero attached hydrogens (tertiary/aromatic N) is 1. The van der Waals surface area contributed by atoms with Crippen LogP contribution in [0.4, 0.5) is 18.9 Å². The zero-order chi connectivity index (χ0) is 15.2. The molecular weight excluding hydrogens is 297 g/mol. The number of hydrogen-bond donors (Lipinski definition) is 1. The Labute approximate surface area is 117 Å². The summed E-state index contributed by atoms with van der Waals surface area (Å²) < 4.78 is 40.8. The Morgan fingerprint density at radius 2 is 2.15 bits per heavy atom. The van der Waals surface area contributed by atoms with Crippen LogP contribution >= 0.6 is 11.8 Å². The van der Waals surface area contributed by atoms with Crippen LogP contribution in [0.2, 0.25) is 0 Å². The maximum Gasteiger partial charge on any atom is 0.441 e. The van der Waals surface area contributed by atoms with Gasteiger partial charge in [0.1, 0.15) is 0 Å². The maximum absolute atomic E-state index is 11.9. The van der Waals surface area contributed by atoms with Crippen LogP contribution in [0.15, 0.2) is 18.2 Å². The van der Waals surface area contributed by atoms with Crippen molar-refractivity contribution in [1.29, 1.82) is 0 Å². The first-order valence-corrected chi connectivity index (χ1v) is 6.57. The second-order valence-electron chi connectivity index (χ2n) is 3.73. The van der Waals surface area contributed by atoms with Gasteiger partial charge in [0, 0.05) is 18.4 Å². The van der Waals surface area contributed by atoms with Crippen LogP contribution in [0.5, 0.6) is 5.75 Å². The first-order valence-electron chi connectivity index (χ1n) is 5.59. The fourth-order valence-electron chi connectivity index (χ4n) is 1.45. The van der Waals surface area contributed by atoms with Crippen molar-refractivity contribution in [1.82, 2.24) is 5.32 Å². The Morgan fingerprint density at radius 1 is 1.45 bits per heavy atom. The monoisotopic (exact) mass is 310 g/mol. The average Bonchev–Trinajstić information content (AvgIpc) is 2.35. The lowest BCUT2D eigenvalue weighted by molar-refractivity contribution is -0.385. The third-order valence-corrected chi connectivity index (χ3v) is 2.91. The van der Waals surface area contributed by atoms with E-state index in [1.54, 1.807) is 13.1 Å². The lowest BCUT2D eigenvalue weighted by Crippen LogP contribution is -2.09. The second-order valence-corrected chi connectivity index (χ2v) is 4.89. The van der Waals surface area contributed by atoms with Crippen molar-refractivity contribution in [3.8, 4) is 5.75 Å². The topological polar surface area (TPSA) is 64.4 Å². The van der Waals surface area contributed by atoms with Gasteiger partial charge in [0.05, 0.1) is 11.5 Å². The van der Waals surface area contributed by atoms with Gasteiger partial charge < -0.3 is 10.1 Å². The number of ether oxygens (including phenoxy) is 1. The fraction of sp³-hybridized carbons (Fsp3) is 0.455. The third kappa shape index (κ3) is 5.66. The van der Waals surface area contributed by atoms with Gasteiger partial charge in [0.15, 0.2) is 5.75 Å². The van der Waals surface area contributed by atoms with Gasteiger partial charge in [0.2, 0.25) is 0 Å². The predicted molar refractivity (Wildman–Crippen MR) is 69.9 cm³/mol. The van der Waals surface area contributed by atoms with Crippen molar-refractivity contribution < 1.29 is 22.8 Å². The second kappa shape index (κ2) is 7.34. The van der Waals surface area contributed by atoms with Crippen molar-refractivity contribution in [2.24, 2.45) is 0 Å². The Bertz CT molecular complexity index is 469. The van der Waals surface area contributed by atoms with Gasteiger partial charge in [-0.15, -0.1) is 0 Å². The van der Waals surface area contributed by atoms with E-state index in [-0.39, 0.29) is 35.6 Å². The molecule has 0 aliphatic carbocycles. The molecule has 1 N–H and O–H groups in total. The minimum absolute atomic E-state index is 0.0300. The highest BCUT2D eigenvalue weighted by Crippen LogP contribution is 2.31. The molecule has 0 atom stereocenters. The third-order valence-electron chi connectivity index (χ3n) is 2.21. The maximum atomic E-state index is 11.9. The predicted octanol–water partition coefficient (Wildman–Crippen LogP) is 2.95. The van der Waals surface area contributed by atoms with E-state index in [9.17, 15) is 23.3 Å². The van der Waals surface area contributed by atoms with Crippen LogP contribution < -0.4 is 10.1 Å². The Hall–Kier alpha value is -1.48. The number of hydrogen-bond acceptors (Lipinski definition) is 5. The molecule has 0 unspecified atom stereocenters. The van der Waals surface area contributed by atoms with Gasteiger partial charge in [-0.05, 0) is 30.4 Å². The summed E-state index contributed by atoms with van der Waals surface area (Å²) in [7, 11) is 1.70. The number of nitro groups is 1. The van der Waals surface area contributed by atoms with E-state index in [0.717, 1.165) is 0 Å². The zero-order valence-corrected chi connectivity index (χ0v) is 11.4. The minimum atomic E-state index is -4.33. The van der Waals surface area contributed by atoms with Crippen LogP contribution in [0.3, 0.4) is 0 Å². The molecule has 0 aromatic heterocycles. The van der Waals surface area contributed by atoms with Gasteiger partial charge in [0.25, 0.3) is 0 Å². The Morgan fingerprint density at radius 3 is 2.70 bits per heavy atom. The van der Waals surface area contributed by atoms with Crippen LogP contribution in [0, 0.1) is 10.1 Å². The van der Waals surface area contributed by atoms with Gasteiger partial charge in [-0.1, -0.05) is 6.07 Å². The SMILES string of the molecule is CNCc1ccc(OCCSC(F)(F)F)c([N+](=O)[O-])c1. The van der Waals surface area contributed by atoms with E-state index in [1.807, 2.05) is 0 Å². The summed E-state index contributed by atoms with van der Waals surface area (Å²) in [5.74, 6) is -0.350. The first-order chi connectivity index (χ1) is 9.33. The van der Waals surface area contributed by atoms with Crippen molar-refractivity contribution in [3.63, 3.8) is 0 Å². The van der Waals surface area contributed by atoms with Gasteiger partial charge in [-0.25, -0.2) is 0 Å². The van der Waals surface area contributed by atoms with Crippen LogP contribution in [0.1, 0.15) is 5.56 Å².